The summed E-state index contributed by atoms with van der Waals surface area (Å²) < 4.78 is 26.5. The molecule has 1 unspecified atom stereocenters. The van der Waals surface area contributed by atoms with E-state index >= 15 is 0 Å². The summed E-state index contributed by atoms with van der Waals surface area (Å²) in [5, 5.41) is 52.5. The monoisotopic (exact) mass is 441 g/mol. The molecule has 0 aromatic heterocycles. The predicted molar refractivity (Wildman–Crippen MR) is 102 cm³/mol. The maximum absolute atomic E-state index is 11.9. The Labute approximate surface area is 175 Å². The fraction of sp³-hybridized carbons (Fsp3) is 0.944. The Hall–Kier alpha value is -0.930. The van der Waals surface area contributed by atoms with Crippen molar-refractivity contribution in [3.8, 4) is 0 Å². The fourth-order valence-corrected chi connectivity index (χ4v) is 3.06. The van der Waals surface area contributed by atoms with Gasteiger partial charge in [-0.25, -0.2) is 4.79 Å². The van der Waals surface area contributed by atoms with Crippen LogP contribution in [0.3, 0.4) is 0 Å². The average molecular weight is 441 g/mol. The lowest BCUT2D eigenvalue weighted by atomic mass is 9.88. The van der Waals surface area contributed by atoms with E-state index in [0.717, 1.165) is 0 Å². The van der Waals surface area contributed by atoms with Crippen molar-refractivity contribution in [3.05, 3.63) is 0 Å². The lowest BCUT2D eigenvalue weighted by Gasteiger charge is -2.47. The highest BCUT2D eigenvalue weighted by molar-refractivity contribution is 5.76. The molecule has 0 spiro atoms. The minimum Gasteiger partial charge on any atom is -0.477 e. The van der Waals surface area contributed by atoms with E-state index in [1.54, 1.807) is 21.0 Å². The molecule has 0 aromatic rings. The molecule has 1 fully saturated rings. The number of nitrogens with one attached hydrogen (secondary N) is 1. The van der Waals surface area contributed by atoms with Gasteiger partial charge in [-0.2, -0.15) is 0 Å². The number of aliphatic hydroxyl groups excluding tert-OH is 4. The summed E-state index contributed by atoms with van der Waals surface area (Å²) in [5.41, 5.74) is 0. The molecule has 1 rings (SSSR count). The van der Waals surface area contributed by atoms with Gasteiger partial charge in [-0.1, -0.05) is 0 Å². The van der Waals surface area contributed by atoms with E-state index in [9.17, 15) is 25.2 Å². The van der Waals surface area contributed by atoms with Crippen molar-refractivity contribution in [2.75, 3.05) is 46.9 Å². The highest BCUT2D eigenvalue weighted by atomic mass is 16.7. The van der Waals surface area contributed by atoms with Crippen LogP contribution in [0.1, 0.15) is 20.3 Å². The third-order valence-corrected chi connectivity index (χ3v) is 4.47. The van der Waals surface area contributed by atoms with Gasteiger partial charge in [0.2, 0.25) is 0 Å². The van der Waals surface area contributed by atoms with E-state index in [1.807, 2.05) is 0 Å². The van der Waals surface area contributed by atoms with Crippen LogP contribution in [-0.4, -0.2) is 121 Å². The van der Waals surface area contributed by atoms with Gasteiger partial charge in [0.1, 0.15) is 18.3 Å². The van der Waals surface area contributed by atoms with Crippen LogP contribution in [0, 0.1) is 0 Å². The van der Waals surface area contributed by atoms with Crippen LogP contribution in [0.4, 0.5) is 0 Å². The largest absolute Gasteiger partial charge is 0.477 e. The van der Waals surface area contributed by atoms with Gasteiger partial charge < -0.3 is 49.2 Å². The molecule has 1 aliphatic rings. The van der Waals surface area contributed by atoms with E-state index < -0.39 is 61.3 Å². The number of carboxylic acids is 1. The van der Waals surface area contributed by atoms with Crippen LogP contribution < -0.4 is 5.32 Å². The van der Waals surface area contributed by atoms with Crippen LogP contribution in [-0.2, 0) is 28.5 Å². The molecule has 12 heteroatoms. The molecule has 30 heavy (non-hydrogen) atoms. The average Bonchev–Trinajstić information content (AvgIpc) is 2.69. The first kappa shape index (κ1) is 27.1. The Morgan fingerprint density at radius 2 is 1.83 bits per heavy atom. The van der Waals surface area contributed by atoms with E-state index in [0.29, 0.717) is 19.8 Å². The third kappa shape index (κ3) is 7.96. The maximum atomic E-state index is 11.9. The number of carboxylic acid groups (broad SMARTS) is 1. The Morgan fingerprint density at radius 3 is 2.40 bits per heavy atom. The van der Waals surface area contributed by atoms with Crippen LogP contribution in [0.25, 0.3) is 0 Å². The molecule has 1 heterocycles. The molecule has 0 bridgehead atoms. The standard InChI is InChI=1S/C18H35NO11/c1-11(2)29-18(17(24)25)8-12(21)14(16(30-18)15(23)13(22)9-20)19-10-28-7-6-27-5-4-26-3/h11-16,19-23H,4-10H2,1-3H3,(H,24,25)/t12-,13+,14+,15+,16?,18+/m0/s1. The molecule has 1 aliphatic heterocycles. The molecule has 0 radical (unpaired) electrons. The van der Waals surface area contributed by atoms with Crippen molar-refractivity contribution >= 4 is 5.97 Å². The van der Waals surface area contributed by atoms with Gasteiger partial charge in [-0.15, -0.1) is 0 Å². The van der Waals surface area contributed by atoms with Crippen molar-refractivity contribution < 1.29 is 54.0 Å². The Morgan fingerprint density at radius 1 is 1.20 bits per heavy atom. The van der Waals surface area contributed by atoms with Crippen molar-refractivity contribution in [2.24, 2.45) is 0 Å². The Balaban J connectivity index is 2.80. The highest BCUT2D eigenvalue weighted by Crippen LogP contribution is 2.34. The smallest absolute Gasteiger partial charge is 0.364 e. The van der Waals surface area contributed by atoms with Crippen LogP contribution >= 0.6 is 0 Å². The van der Waals surface area contributed by atoms with Crippen molar-refractivity contribution in [2.45, 2.75) is 62.6 Å². The number of methoxy groups -OCH3 is 1. The third-order valence-electron chi connectivity index (χ3n) is 4.47. The first-order chi connectivity index (χ1) is 14.2. The number of hydrogen-bond donors (Lipinski definition) is 6. The van der Waals surface area contributed by atoms with E-state index in [-0.39, 0.29) is 13.3 Å². The number of aliphatic carboxylic acids is 1. The molecule has 178 valence electrons. The molecular formula is C18H35NO11. The second kappa shape index (κ2) is 13.5. The number of ether oxygens (including phenoxy) is 5. The van der Waals surface area contributed by atoms with E-state index in [1.165, 1.54) is 0 Å². The van der Waals surface area contributed by atoms with Gasteiger partial charge in [-0.05, 0) is 13.8 Å². The van der Waals surface area contributed by atoms with Gasteiger partial charge in [0.05, 0.1) is 58.0 Å². The van der Waals surface area contributed by atoms with E-state index in [2.05, 4.69) is 5.32 Å². The zero-order valence-corrected chi connectivity index (χ0v) is 17.6. The van der Waals surface area contributed by atoms with Gasteiger partial charge in [-0.3, -0.25) is 5.32 Å². The summed E-state index contributed by atoms with van der Waals surface area (Å²) in [6, 6.07) is -1.00. The number of aliphatic hydroxyl groups is 4. The fourth-order valence-electron chi connectivity index (χ4n) is 3.06. The summed E-state index contributed by atoms with van der Waals surface area (Å²) in [7, 11) is 1.56. The van der Waals surface area contributed by atoms with Gasteiger partial charge in [0.25, 0.3) is 5.79 Å². The SMILES string of the molecule is COCCOCCOCN[C@H]1C([C@H](O)[C@H](O)CO)O[C@@](OC(C)C)(C(=O)O)C[C@@H]1O. The van der Waals surface area contributed by atoms with Crippen molar-refractivity contribution in [1.29, 1.82) is 0 Å². The molecule has 6 atom stereocenters. The van der Waals surface area contributed by atoms with E-state index in [4.69, 9.17) is 28.8 Å². The second-order valence-corrected chi connectivity index (χ2v) is 7.21. The van der Waals surface area contributed by atoms with Crippen molar-refractivity contribution in [1.82, 2.24) is 5.32 Å². The Kier molecular flexibility index (Phi) is 12.2. The Bertz CT molecular complexity index is 495. The van der Waals surface area contributed by atoms with Gasteiger partial charge >= 0.3 is 5.97 Å². The lowest BCUT2D eigenvalue weighted by Crippen LogP contribution is -2.67. The second-order valence-electron chi connectivity index (χ2n) is 7.21. The summed E-state index contributed by atoms with van der Waals surface area (Å²) in [6.07, 6.45) is -7.02. The molecule has 12 nitrogen and oxygen atoms in total. The highest BCUT2D eigenvalue weighted by Gasteiger charge is 2.55. The summed E-state index contributed by atoms with van der Waals surface area (Å²) in [4.78, 5) is 11.9. The molecule has 6 N–H and O–H groups in total. The van der Waals surface area contributed by atoms with Crippen molar-refractivity contribution in [3.63, 3.8) is 0 Å². The lowest BCUT2D eigenvalue weighted by molar-refractivity contribution is -0.320. The minimum absolute atomic E-state index is 0.0672. The van der Waals surface area contributed by atoms with Gasteiger partial charge in [0.15, 0.2) is 0 Å². The molecule has 1 saturated heterocycles. The normalized spacial score (nSPS) is 29.1. The number of hydrogen-bond acceptors (Lipinski definition) is 11. The maximum Gasteiger partial charge on any atom is 0.364 e. The van der Waals surface area contributed by atoms with Gasteiger partial charge in [0, 0.05) is 13.5 Å². The number of rotatable bonds is 15. The topological polar surface area (TPSA) is 176 Å². The van der Waals surface area contributed by atoms with Crippen LogP contribution in [0.5, 0.6) is 0 Å². The first-order valence-corrected chi connectivity index (χ1v) is 9.80. The summed E-state index contributed by atoms with van der Waals surface area (Å²) >= 11 is 0. The summed E-state index contributed by atoms with van der Waals surface area (Å²) in [6.45, 7) is 3.77. The molecule has 0 saturated carbocycles. The predicted octanol–water partition coefficient (Wildman–Crippen LogP) is -2.35. The summed E-state index contributed by atoms with van der Waals surface area (Å²) in [5.74, 6) is -3.70. The zero-order valence-electron chi connectivity index (χ0n) is 17.6. The minimum atomic E-state index is -2.22. The molecule has 0 aromatic carbocycles. The molecule has 0 aliphatic carbocycles. The molecular weight excluding hydrogens is 406 g/mol. The van der Waals surface area contributed by atoms with Crippen LogP contribution in [0.15, 0.2) is 0 Å². The quantitative estimate of drug-likeness (QED) is 0.118. The number of carbonyl (C=O) groups is 1. The first-order valence-electron chi connectivity index (χ1n) is 9.80. The van der Waals surface area contributed by atoms with Crippen LogP contribution in [0.2, 0.25) is 0 Å². The molecule has 0 amide bonds. The zero-order chi connectivity index (χ0) is 22.7.